The van der Waals surface area contributed by atoms with Crippen LogP contribution in [0, 0.1) is 6.92 Å². The first-order chi connectivity index (χ1) is 14.8. The van der Waals surface area contributed by atoms with Crippen molar-refractivity contribution in [1.29, 1.82) is 0 Å². The van der Waals surface area contributed by atoms with Gasteiger partial charge in [-0.2, -0.15) is 8.78 Å². The molecule has 1 fully saturated rings. The van der Waals surface area contributed by atoms with Gasteiger partial charge in [-0.25, -0.2) is 13.8 Å². The van der Waals surface area contributed by atoms with Gasteiger partial charge in [0.2, 0.25) is 0 Å². The number of halogens is 4. The van der Waals surface area contributed by atoms with Gasteiger partial charge in [0.25, 0.3) is 12.3 Å². The van der Waals surface area contributed by atoms with E-state index in [-0.39, 0.29) is 29.2 Å². The number of rotatable bonds is 6. The maximum atomic E-state index is 13.0. The molecule has 0 bridgehead atoms. The molecule has 6 nitrogen and oxygen atoms in total. The van der Waals surface area contributed by atoms with E-state index in [2.05, 4.69) is 15.6 Å². The van der Waals surface area contributed by atoms with Gasteiger partial charge in [-0.15, -0.1) is 0 Å². The van der Waals surface area contributed by atoms with Crippen LogP contribution >= 0.6 is 0 Å². The Balaban J connectivity index is 1.34. The van der Waals surface area contributed by atoms with Crippen LogP contribution in [-0.4, -0.2) is 31.9 Å². The monoisotopic (exact) mass is 437 g/mol. The average Bonchev–Trinajstić information content (AvgIpc) is 3.34. The summed E-state index contributed by atoms with van der Waals surface area (Å²) in [5.41, 5.74) is 0.736. The van der Waals surface area contributed by atoms with E-state index in [0.29, 0.717) is 17.2 Å². The van der Waals surface area contributed by atoms with E-state index in [1.54, 1.807) is 16.5 Å². The SMILES string of the molecule is Cc1cc(C(=O)NC2CCC(Nc3cccc4nc(C(F)F)cn34)CC2)cn1C(F)F. The van der Waals surface area contributed by atoms with Crippen molar-refractivity contribution in [2.24, 2.45) is 0 Å². The van der Waals surface area contributed by atoms with Gasteiger partial charge in [0.1, 0.15) is 17.2 Å². The Labute approximate surface area is 176 Å². The number of imidazole rings is 1. The first-order valence-electron chi connectivity index (χ1n) is 10.1. The van der Waals surface area contributed by atoms with Crippen molar-refractivity contribution < 1.29 is 22.4 Å². The summed E-state index contributed by atoms with van der Waals surface area (Å²) in [6.45, 7) is -1.15. The third-order valence-corrected chi connectivity index (χ3v) is 5.67. The molecule has 3 heterocycles. The fourth-order valence-electron chi connectivity index (χ4n) is 4.04. The minimum Gasteiger partial charge on any atom is -0.368 e. The number of carbonyl (C=O) groups is 1. The van der Waals surface area contributed by atoms with Crippen molar-refractivity contribution in [2.75, 3.05) is 5.32 Å². The molecule has 1 saturated carbocycles. The predicted molar refractivity (Wildman–Crippen MR) is 108 cm³/mol. The van der Waals surface area contributed by atoms with Crippen LogP contribution in [0.15, 0.2) is 36.7 Å². The van der Waals surface area contributed by atoms with E-state index in [1.807, 2.05) is 6.07 Å². The Hall–Kier alpha value is -3.04. The Morgan fingerprint density at radius 1 is 1.10 bits per heavy atom. The molecule has 31 heavy (non-hydrogen) atoms. The number of nitrogens with zero attached hydrogens (tertiary/aromatic N) is 3. The highest BCUT2D eigenvalue weighted by Crippen LogP contribution is 2.25. The molecular weight excluding hydrogens is 414 g/mol. The Morgan fingerprint density at radius 3 is 2.45 bits per heavy atom. The molecule has 1 aliphatic carbocycles. The number of carbonyl (C=O) groups excluding carboxylic acids is 1. The molecule has 0 radical (unpaired) electrons. The van der Waals surface area contributed by atoms with Crippen molar-refractivity contribution in [3.05, 3.63) is 53.6 Å². The quantitative estimate of drug-likeness (QED) is 0.538. The smallest absolute Gasteiger partial charge is 0.318 e. The number of aryl methyl sites for hydroxylation is 1. The summed E-state index contributed by atoms with van der Waals surface area (Å²) in [6.07, 6.45) is 2.86. The van der Waals surface area contributed by atoms with Crippen molar-refractivity contribution >= 4 is 17.4 Å². The molecule has 0 spiro atoms. The van der Waals surface area contributed by atoms with Gasteiger partial charge in [0, 0.05) is 30.2 Å². The van der Waals surface area contributed by atoms with Gasteiger partial charge < -0.3 is 10.6 Å². The second kappa shape index (κ2) is 8.60. The van der Waals surface area contributed by atoms with Gasteiger partial charge in [-0.1, -0.05) is 6.07 Å². The summed E-state index contributed by atoms with van der Waals surface area (Å²) in [6, 6.07) is 6.78. The second-order valence-corrected chi connectivity index (χ2v) is 7.83. The van der Waals surface area contributed by atoms with Crippen molar-refractivity contribution in [3.63, 3.8) is 0 Å². The van der Waals surface area contributed by atoms with Crippen LogP contribution in [-0.2, 0) is 0 Å². The van der Waals surface area contributed by atoms with Crippen LogP contribution in [0.4, 0.5) is 23.4 Å². The molecular formula is C21H23F4N5O. The normalized spacial score (nSPS) is 19.3. The van der Waals surface area contributed by atoms with E-state index < -0.39 is 13.0 Å². The van der Waals surface area contributed by atoms with E-state index in [1.165, 1.54) is 25.4 Å². The number of hydrogen-bond donors (Lipinski definition) is 2. The highest BCUT2D eigenvalue weighted by atomic mass is 19.3. The minimum absolute atomic E-state index is 0.0461. The van der Waals surface area contributed by atoms with Gasteiger partial charge in [0.05, 0.1) is 5.56 Å². The molecule has 10 heteroatoms. The fraction of sp³-hybridized carbons (Fsp3) is 0.429. The molecule has 0 aromatic carbocycles. The molecule has 3 aromatic rings. The number of aromatic nitrogens is 3. The first kappa shape index (κ1) is 21.2. The lowest BCUT2D eigenvalue weighted by atomic mass is 9.91. The summed E-state index contributed by atoms with van der Waals surface area (Å²) in [5.74, 6) is 0.329. The number of alkyl halides is 4. The molecule has 0 saturated heterocycles. The third-order valence-electron chi connectivity index (χ3n) is 5.67. The minimum atomic E-state index is -2.68. The zero-order valence-corrected chi connectivity index (χ0v) is 16.9. The van der Waals surface area contributed by atoms with Crippen LogP contribution in [0.1, 0.15) is 60.4 Å². The molecule has 0 aliphatic heterocycles. The van der Waals surface area contributed by atoms with Crippen LogP contribution in [0.5, 0.6) is 0 Å². The van der Waals surface area contributed by atoms with E-state index in [4.69, 9.17) is 0 Å². The van der Waals surface area contributed by atoms with E-state index in [9.17, 15) is 22.4 Å². The Bertz CT molecular complexity index is 1070. The molecule has 1 amide bonds. The lowest BCUT2D eigenvalue weighted by Crippen LogP contribution is -2.40. The van der Waals surface area contributed by atoms with Crippen LogP contribution < -0.4 is 10.6 Å². The third kappa shape index (κ3) is 4.52. The summed E-state index contributed by atoms with van der Waals surface area (Å²) in [5, 5.41) is 6.30. The summed E-state index contributed by atoms with van der Waals surface area (Å²) < 4.78 is 54.1. The van der Waals surface area contributed by atoms with Crippen LogP contribution in [0.3, 0.4) is 0 Å². The summed E-state index contributed by atoms with van der Waals surface area (Å²) >= 11 is 0. The van der Waals surface area contributed by atoms with Crippen molar-refractivity contribution in [2.45, 2.75) is 57.7 Å². The maximum Gasteiger partial charge on any atom is 0.318 e. The number of hydrogen-bond acceptors (Lipinski definition) is 3. The molecule has 166 valence electrons. The fourth-order valence-corrected chi connectivity index (χ4v) is 4.04. The molecule has 2 N–H and O–H groups in total. The first-order valence-corrected chi connectivity index (χ1v) is 10.1. The number of nitrogens with one attached hydrogen (secondary N) is 2. The number of fused-ring (bicyclic) bond motifs is 1. The zero-order chi connectivity index (χ0) is 22.1. The number of pyridine rings is 1. The van der Waals surface area contributed by atoms with Crippen LogP contribution in [0.25, 0.3) is 5.65 Å². The predicted octanol–water partition coefficient (Wildman–Crippen LogP) is 4.93. The highest BCUT2D eigenvalue weighted by molar-refractivity contribution is 5.94. The average molecular weight is 437 g/mol. The summed E-state index contributed by atoms with van der Waals surface area (Å²) in [4.78, 5) is 16.4. The van der Waals surface area contributed by atoms with Gasteiger partial charge in [0.15, 0.2) is 0 Å². The Kier molecular flexibility index (Phi) is 5.88. The van der Waals surface area contributed by atoms with Gasteiger partial charge in [-0.05, 0) is 50.8 Å². The molecule has 3 aromatic heterocycles. The number of amides is 1. The number of anilines is 1. The lowest BCUT2D eigenvalue weighted by molar-refractivity contribution is 0.0685. The van der Waals surface area contributed by atoms with Crippen molar-refractivity contribution in [3.8, 4) is 0 Å². The highest BCUT2D eigenvalue weighted by Gasteiger charge is 2.24. The molecule has 0 unspecified atom stereocenters. The van der Waals surface area contributed by atoms with Crippen LogP contribution in [0.2, 0.25) is 0 Å². The van der Waals surface area contributed by atoms with E-state index in [0.717, 1.165) is 30.3 Å². The maximum absolute atomic E-state index is 13.0. The standard InChI is InChI=1S/C21H23F4N5O/c1-12-9-13(10-29(12)21(24)25)20(31)27-15-7-5-14(6-8-15)26-17-3-2-4-18-28-16(19(22)23)11-30(17)18/h2-4,9-11,14-15,19,21,26H,5-8H2,1H3,(H,27,31). The van der Waals surface area contributed by atoms with Gasteiger partial charge in [-0.3, -0.25) is 13.8 Å². The summed E-state index contributed by atoms with van der Waals surface area (Å²) in [7, 11) is 0. The zero-order valence-electron chi connectivity index (χ0n) is 16.9. The largest absolute Gasteiger partial charge is 0.368 e. The van der Waals surface area contributed by atoms with E-state index >= 15 is 0 Å². The van der Waals surface area contributed by atoms with Crippen molar-refractivity contribution in [1.82, 2.24) is 19.3 Å². The molecule has 0 atom stereocenters. The second-order valence-electron chi connectivity index (χ2n) is 7.83. The Morgan fingerprint density at radius 2 is 1.81 bits per heavy atom. The topological polar surface area (TPSA) is 63.4 Å². The molecule has 1 aliphatic rings. The lowest BCUT2D eigenvalue weighted by Gasteiger charge is -2.30. The van der Waals surface area contributed by atoms with Gasteiger partial charge >= 0.3 is 6.55 Å². The molecule has 4 rings (SSSR count).